The van der Waals surface area contributed by atoms with Crippen LogP contribution in [0.3, 0.4) is 0 Å². The minimum atomic E-state index is -0.976. The number of ether oxygens (including phenoxy) is 1. The van der Waals surface area contributed by atoms with Crippen LogP contribution < -0.4 is 15.4 Å². The number of carboxylic acid groups (broad SMARTS) is 1. The van der Waals surface area contributed by atoms with Crippen molar-refractivity contribution in [2.75, 3.05) is 36.8 Å². The van der Waals surface area contributed by atoms with Crippen molar-refractivity contribution in [1.82, 2.24) is 9.88 Å². The lowest BCUT2D eigenvalue weighted by molar-refractivity contribution is -0.137. The van der Waals surface area contributed by atoms with Gasteiger partial charge in [-0.3, -0.25) is 9.69 Å². The Labute approximate surface area is 231 Å². The number of thiazole rings is 1. The van der Waals surface area contributed by atoms with Crippen molar-refractivity contribution in [3.8, 4) is 5.75 Å². The predicted molar refractivity (Wildman–Crippen MR) is 156 cm³/mol. The molecule has 5 rings (SSSR count). The maximum absolute atomic E-state index is 10.9. The molecule has 1 unspecified atom stereocenters. The molecule has 9 heteroatoms. The monoisotopic (exact) mass is 548 g/mol. The molecule has 2 heterocycles. The van der Waals surface area contributed by atoms with Gasteiger partial charge in [-0.1, -0.05) is 42.5 Å². The van der Waals surface area contributed by atoms with Gasteiger partial charge in [-0.25, -0.2) is 4.98 Å². The highest BCUT2D eigenvalue weighted by molar-refractivity contribution is 7.98. The Hall–Kier alpha value is -3.11. The highest BCUT2D eigenvalue weighted by Crippen LogP contribution is 2.29. The predicted octanol–water partition coefficient (Wildman–Crippen LogP) is 4.84. The van der Waals surface area contributed by atoms with Gasteiger partial charge in [0.05, 0.1) is 10.2 Å². The molecular formula is C29H32N4O3S2. The first-order valence-corrected chi connectivity index (χ1v) is 14.7. The molecule has 0 saturated carbocycles. The second-order valence-corrected chi connectivity index (χ2v) is 11.5. The number of carboxylic acids is 1. The molecule has 0 bridgehead atoms. The fourth-order valence-corrected chi connectivity index (χ4v) is 6.52. The second-order valence-electron chi connectivity index (χ2n) is 9.40. The van der Waals surface area contributed by atoms with E-state index >= 15 is 0 Å². The van der Waals surface area contributed by atoms with Crippen LogP contribution in [0, 0.1) is 0 Å². The van der Waals surface area contributed by atoms with Crippen molar-refractivity contribution in [3.63, 3.8) is 0 Å². The molecule has 1 atom stereocenters. The summed E-state index contributed by atoms with van der Waals surface area (Å²) in [6, 6.07) is 24.4. The van der Waals surface area contributed by atoms with Gasteiger partial charge in [0.1, 0.15) is 23.4 Å². The van der Waals surface area contributed by atoms with Crippen molar-refractivity contribution in [2.24, 2.45) is 5.73 Å². The van der Waals surface area contributed by atoms with Gasteiger partial charge in [0.2, 0.25) is 0 Å². The van der Waals surface area contributed by atoms with E-state index in [1.54, 1.807) is 11.3 Å². The first-order valence-electron chi connectivity index (χ1n) is 12.7. The number of anilines is 1. The number of aromatic nitrogens is 1. The van der Waals surface area contributed by atoms with Crippen LogP contribution in [0.2, 0.25) is 0 Å². The standard InChI is InChI=1S/C29H32N4O3S2/c30-25(29(34)35)19-37-20-28-31-26-10-9-24(16-27(26)38-28)36-18-22-6-4-5-21(15-22)17-32-11-13-33(14-12-32)23-7-2-1-3-8-23/h1-10,15-16,25H,11-14,17-20,30H2,(H,34,35). The molecule has 4 aromatic rings. The number of fused-ring (bicyclic) bond motifs is 1. The number of rotatable bonds is 11. The van der Waals surface area contributed by atoms with Crippen molar-refractivity contribution in [2.45, 2.75) is 24.9 Å². The van der Waals surface area contributed by atoms with Crippen LogP contribution >= 0.6 is 23.1 Å². The first-order chi connectivity index (χ1) is 18.5. The summed E-state index contributed by atoms with van der Waals surface area (Å²) in [6.45, 7) is 5.65. The normalized spacial score (nSPS) is 15.0. The zero-order chi connectivity index (χ0) is 26.3. The van der Waals surface area contributed by atoms with E-state index in [0.29, 0.717) is 18.1 Å². The summed E-state index contributed by atoms with van der Waals surface area (Å²) in [5.41, 5.74) is 10.3. The zero-order valence-electron chi connectivity index (χ0n) is 21.2. The highest BCUT2D eigenvalue weighted by atomic mass is 32.2. The Kier molecular flexibility index (Phi) is 8.80. The molecule has 1 aliphatic heterocycles. The third-order valence-electron chi connectivity index (χ3n) is 6.54. The summed E-state index contributed by atoms with van der Waals surface area (Å²) in [6.07, 6.45) is 0. The number of hydrogen-bond acceptors (Lipinski definition) is 8. The molecule has 7 nitrogen and oxygen atoms in total. The quantitative estimate of drug-likeness (QED) is 0.275. The number of nitrogens with two attached hydrogens (primary N) is 1. The van der Waals surface area contributed by atoms with Crippen LogP contribution in [0.15, 0.2) is 72.8 Å². The topological polar surface area (TPSA) is 91.9 Å². The Bertz CT molecular complexity index is 1360. The summed E-state index contributed by atoms with van der Waals surface area (Å²) >= 11 is 3.09. The third kappa shape index (κ3) is 7.05. The Balaban J connectivity index is 1.12. The minimum Gasteiger partial charge on any atom is -0.489 e. The molecule has 38 heavy (non-hydrogen) atoms. The maximum atomic E-state index is 10.9. The Morgan fingerprint density at radius 1 is 1.03 bits per heavy atom. The molecule has 3 aromatic carbocycles. The molecule has 0 aliphatic carbocycles. The van der Waals surface area contributed by atoms with Crippen LogP contribution in [0.5, 0.6) is 5.75 Å². The number of thioether (sulfide) groups is 1. The van der Waals surface area contributed by atoms with E-state index < -0.39 is 12.0 Å². The molecule has 0 spiro atoms. The van der Waals surface area contributed by atoms with Gasteiger partial charge < -0.3 is 20.5 Å². The van der Waals surface area contributed by atoms with E-state index in [2.05, 4.69) is 69.4 Å². The lowest BCUT2D eigenvalue weighted by Crippen LogP contribution is -2.45. The number of aliphatic carboxylic acids is 1. The molecule has 0 amide bonds. The van der Waals surface area contributed by atoms with E-state index in [9.17, 15) is 4.79 Å². The van der Waals surface area contributed by atoms with Gasteiger partial charge >= 0.3 is 5.97 Å². The zero-order valence-corrected chi connectivity index (χ0v) is 22.8. The van der Waals surface area contributed by atoms with Gasteiger partial charge in [-0.05, 0) is 41.5 Å². The van der Waals surface area contributed by atoms with Crippen LogP contribution in [-0.2, 0) is 23.7 Å². The Morgan fingerprint density at radius 2 is 1.82 bits per heavy atom. The molecule has 3 N–H and O–H groups in total. The van der Waals surface area contributed by atoms with Gasteiger partial charge in [0.15, 0.2) is 0 Å². The summed E-state index contributed by atoms with van der Waals surface area (Å²) in [5.74, 6) is 0.846. The van der Waals surface area contributed by atoms with E-state index in [0.717, 1.165) is 59.3 Å². The van der Waals surface area contributed by atoms with E-state index in [-0.39, 0.29) is 0 Å². The van der Waals surface area contributed by atoms with Gasteiger partial charge in [-0.2, -0.15) is 11.8 Å². The highest BCUT2D eigenvalue weighted by Gasteiger charge is 2.17. The first kappa shape index (κ1) is 26.5. The fourth-order valence-electron chi connectivity index (χ4n) is 4.49. The summed E-state index contributed by atoms with van der Waals surface area (Å²) < 4.78 is 7.19. The molecule has 1 saturated heterocycles. The molecule has 1 fully saturated rings. The van der Waals surface area contributed by atoms with Crippen molar-refractivity contribution < 1.29 is 14.6 Å². The van der Waals surface area contributed by atoms with E-state index in [4.69, 9.17) is 15.6 Å². The van der Waals surface area contributed by atoms with Gasteiger partial charge in [0, 0.05) is 49.9 Å². The van der Waals surface area contributed by atoms with Crippen LogP contribution in [0.25, 0.3) is 10.2 Å². The fraction of sp³-hybridized carbons (Fsp3) is 0.310. The Morgan fingerprint density at radius 3 is 2.61 bits per heavy atom. The second kappa shape index (κ2) is 12.6. The number of nitrogens with zero attached hydrogens (tertiary/aromatic N) is 3. The van der Waals surface area contributed by atoms with Gasteiger partial charge in [0.25, 0.3) is 0 Å². The number of hydrogen-bond donors (Lipinski definition) is 2. The number of piperazine rings is 1. The number of carbonyl (C=O) groups is 1. The number of para-hydroxylation sites is 1. The summed E-state index contributed by atoms with van der Waals surface area (Å²) in [7, 11) is 0. The molecule has 1 aliphatic rings. The maximum Gasteiger partial charge on any atom is 0.321 e. The SMILES string of the molecule is NC(CSCc1nc2ccc(OCc3cccc(CN4CCN(c5ccccc5)CC4)c3)cc2s1)C(=O)O. The summed E-state index contributed by atoms with van der Waals surface area (Å²) in [4.78, 5) is 20.5. The largest absolute Gasteiger partial charge is 0.489 e. The third-order valence-corrected chi connectivity index (χ3v) is 8.81. The molecule has 0 radical (unpaired) electrons. The molecule has 1 aromatic heterocycles. The lowest BCUT2D eigenvalue weighted by Gasteiger charge is -2.36. The summed E-state index contributed by atoms with van der Waals surface area (Å²) in [5, 5.41) is 9.88. The number of benzene rings is 3. The van der Waals surface area contributed by atoms with E-state index in [1.165, 1.54) is 23.0 Å². The van der Waals surface area contributed by atoms with Crippen molar-refractivity contribution >= 4 is 45.0 Å². The molecular weight excluding hydrogens is 516 g/mol. The average Bonchev–Trinajstić information content (AvgIpc) is 3.35. The minimum absolute atomic E-state index is 0.364. The lowest BCUT2D eigenvalue weighted by atomic mass is 10.1. The van der Waals surface area contributed by atoms with Crippen molar-refractivity contribution in [1.29, 1.82) is 0 Å². The molecule has 198 valence electrons. The van der Waals surface area contributed by atoms with Crippen molar-refractivity contribution in [3.05, 3.63) is 88.9 Å². The van der Waals surface area contributed by atoms with Crippen LogP contribution in [0.1, 0.15) is 16.1 Å². The van der Waals surface area contributed by atoms with Crippen LogP contribution in [-0.4, -0.2) is 58.9 Å². The smallest absolute Gasteiger partial charge is 0.321 e. The van der Waals surface area contributed by atoms with Crippen LogP contribution in [0.4, 0.5) is 5.69 Å². The van der Waals surface area contributed by atoms with Gasteiger partial charge in [-0.15, -0.1) is 11.3 Å². The average molecular weight is 549 g/mol. The van der Waals surface area contributed by atoms with E-state index in [1.807, 2.05) is 18.2 Å².